The number of rotatable bonds is 25. The van der Waals surface area contributed by atoms with Crippen LogP contribution < -0.4 is 25.6 Å². The first-order valence-electron chi connectivity index (χ1n) is 26.6. The molecule has 8 rings (SSSR count). The van der Waals surface area contributed by atoms with Gasteiger partial charge >= 0.3 is 0 Å². The molecular formula is C55H80N10O6. The fourth-order valence-corrected chi connectivity index (χ4v) is 11.0. The van der Waals surface area contributed by atoms with E-state index in [4.69, 9.17) is 29.0 Å². The Labute approximate surface area is 421 Å². The van der Waals surface area contributed by atoms with E-state index in [1.165, 1.54) is 17.5 Å². The quantitative estimate of drug-likeness (QED) is 0.0624. The van der Waals surface area contributed by atoms with Gasteiger partial charge in [0.15, 0.2) is 0 Å². The molecule has 0 bridgehead atoms. The zero-order chi connectivity index (χ0) is 49.4. The van der Waals surface area contributed by atoms with Gasteiger partial charge in [-0.15, -0.1) is 0 Å². The Balaban J connectivity index is 0.660. The smallest absolute Gasteiger partial charge is 0.245 e. The zero-order valence-electron chi connectivity index (χ0n) is 42.8. The largest absolute Gasteiger partial charge is 0.491 e. The van der Waals surface area contributed by atoms with E-state index in [9.17, 15) is 9.59 Å². The summed E-state index contributed by atoms with van der Waals surface area (Å²) in [6.07, 6.45) is 16.5. The number of amides is 2. The Hall–Kier alpha value is -5.13. The number of likely N-dealkylation sites (tertiary alicyclic amines) is 2. The summed E-state index contributed by atoms with van der Waals surface area (Å²) in [6.45, 7) is 9.33. The van der Waals surface area contributed by atoms with Crippen molar-refractivity contribution in [2.75, 3.05) is 97.2 Å². The number of benzene rings is 2. The second-order valence-electron chi connectivity index (χ2n) is 20.3. The van der Waals surface area contributed by atoms with Crippen molar-refractivity contribution in [3.05, 3.63) is 84.2 Å². The molecule has 4 aromatic rings. The third kappa shape index (κ3) is 14.7. The second kappa shape index (κ2) is 26.5. The number of likely N-dealkylation sites (N-methyl/N-ethyl adjacent to an activating group) is 1. The number of nitrogens with zero attached hydrogens (tertiary/aromatic N) is 7. The van der Waals surface area contributed by atoms with E-state index in [-0.39, 0.29) is 35.9 Å². The van der Waals surface area contributed by atoms with Crippen molar-refractivity contribution < 1.29 is 28.5 Å². The fraction of sp³-hybridized carbons (Fsp3) is 0.618. The number of carbonyl (C=O) groups excluding carboxylic acids is 2. The first kappa shape index (κ1) is 52.2. The van der Waals surface area contributed by atoms with Gasteiger partial charge in [-0.3, -0.25) is 9.59 Å². The van der Waals surface area contributed by atoms with Crippen molar-refractivity contribution in [2.45, 2.75) is 121 Å². The maximum absolute atomic E-state index is 14.2. The summed E-state index contributed by atoms with van der Waals surface area (Å²) >= 11 is 0. The number of fused-ring (bicyclic) bond motifs is 1. The summed E-state index contributed by atoms with van der Waals surface area (Å²) in [4.78, 5) is 43.4. The summed E-state index contributed by atoms with van der Waals surface area (Å²) in [5.41, 5.74) is 4.29. The highest BCUT2D eigenvalue weighted by molar-refractivity contribution is 5.90. The van der Waals surface area contributed by atoms with Gasteiger partial charge in [0.1, 0.15) is 24.2 Å². The van der Waals surface area contributed by atoms with Crippen molar-refractivity contribution in [3.63, 3.8) is 0 Å². The Bertz CT molecular complexity index is 2230. The van der Waals surface area contributed by atoms with E-state index in [2.05, 4.69) is 72.0 Å². The first-order chi connectivity index (χ1) is 34.7. The van der Waals surface area contributed by atoms with E-state index in [0.717, 1.165) is 120 Å². The molecule has 2 saturated carbocycles. The molecule has 0 radical (unpaired) electrons. The molecule has 2 aromatic carbocycles. The average molecular weight is 977 g/mol. The minimum absolute atomic E-state index is 0.0871. The standard InChI is InChI=1S/C55H80N10O6/c1-40(56-2)52(66)61-51(44-13-9-6-10-14-44)54(67)64-30-26-43-25-29-63(39-50(43)64)28-24-41-15-19-46(20-16-41)70-35-33-68-31-32-69-34-36-71-47-21-17-45(18-22-47)59-55-57-27-23-49(60-55)48-37-58-65(53(48)62(3)4)38-42-11-7-5-8-12-42/h5,7-8,11-12,15-16,19-20,23,27,37,40,43-45,47,50-51,56H,6,9-10,13-14,17-18,21-22,24-26,28-36,38-39H2,1-4H3,(H,61,66)(H,57,59,60)/t40-,43?,45-,47-,50?,51-/m0/s1. The molecule has 71 heavy (non-hydrogen) atoms. The van der Waals surface area contributed by atoms with E-state index in [1.54, 1.807) is 7.05 Å². The molecule has 4 fully saturated rings. The van der Waals surface area contributed by atoms with Crippen LogP contribution >= 0.6 is 0 Å². The lowest BCUT2D eigenvalue weighted by Gasteiger charge is -2.41. The maximum atomic E-state index is 14.2. The number of hydrogen-bond donors (Lipinski definition) is 3. The van der Waals surface area contributed by atoms with Crippen LogP contribution in [-0.2, 0) is 36.8 Å². The third-order valence-electron chi connectivity index (χ3n) is 15.2. The lowest BCUT2D eigenvalue weighted by molar-refractivity contribution is -0.140. The Morgan fingerprint density at radius 2 is 1.55 bits per heavy atom. The van der Waals surface area contributed by atoms with Gasteiger partial charge in [-0.1, -0.05) is 61.7 Å². The van der Waals surface area contributed by atoms with Crippen LogP contribution in [-0.4, -0.2) is 159 Å². The second-order valence-corrected chi connectivity index (χ2v) is 20.3. The van der Waals surface area contributed by atoms with Crippen LogP contribution in [0.4, 0.5) is 11.8 Å². The molecule has 3 N–H and O–H groups in total. The van der Waals surface area contributed by atoms with Crippen molar-refractivity contribution in [3.8, 4) is 17.0 Å². The Morgan fingerprint density at radius 3 is 2.30 bits per heavy atom. The highest BCUT2D eigenvalue weighted by Crippen LogP contribution is 2.35. The summed E-state index contributed by atoms with van der Waals surface area (Å²) in [7, 11) is 5.86. The summed E-state index contributed by atoms with van der Waals surface area (Å²) < 4.78 is 25.7. The number of anilines is 2. The number of hydrogen-bond acceptors (Lipinski definition) is 13. The molecule has 2 aromatic heterocycles. The molecule has 0 spiro atoms. The van der Waals surface area contributed by atoms with Crippen LogP contribution in [0, 0.1) is 11.8 Å². The van der Waals surface area contributed by atoms with Crippen LogP contribution in [0.25, 0.3) is 11.3 Å². The molecule has 4 aliphatic rings. The third-order valence-corrected chi connectivity index (χ3v) is 15.2. The van der Waals surface area contributed by atoms with Crippen LogP contribution in [0.3, 0.4) is 0 Å². The molecule has 2 aliphatic carbocycles. The lowest BCUT2D eigenvalue weighted by atomic mass is 9.83. The van der Waals surface area contributed by atoms with Gasteiger partial charge in [0.2, 0.25) is 17.8 Å². The van der Waals surface area contributed by atoms with Gasteiger partial charge in [-0.25, -0.2) is 14.6 Å². The number of aromatic nitrogens is 4. The van der Waals surface area contributed by atoms with Gasteiger partial charge in [-0.2, -0.15) is 5.10 Å². The van der Waals surface area contributed by atoms with Gasteiger partial charge in [0, 0.05) is 52.0 Å². The molecule has 2 amide bonds. The maximum Gasteiger partial charge on any atom is 0.245 e. The van der Waals surface area contributed by atoms with Crippen molar-refractivity contribution >= 4 is 23.6 Å². The summed E-state index contributed by atoms with van der Waals surface area (Å²) in [5.74, 6) is 3.27. The fourth-order valence-electron chi connectivity index (χ4n) is 11.0. The van der Waals surface area contributed by atoms with Crippen LogP contribution in [0.2, 0.25) is 0 Å². The van der Waals surface area contributed by atoms with Crippen LogP contribution in [0.1, 0.15) is 88.7 Å². The van der Waals surface area contributed by atoms with Crippen LogP contribution in [0.5, 0.6) is 5.75 Å². The number of ether oxygens (including phenoxy) is 4. The molecule has 4 atom stereocenters. The first-order valence-corrected chi connectivity index (χ1v) is 26.6. The predicted molar refractivity (Wildman–Crippen MR) is 278 cm³/mol. The predicted octanol–water partition coefficient (Wildman–Crippen LogP) is 6.44. The normalized spacial score (nSPS) is 21.6. The topological polar surface area (TPSA) is 160 Å². The zero-order valence-corrected chi connectivity index (χ0v) is 42.8. The number of nitrogens with one attached hydrogen (secondary N) is 3. The van der Waals surface area contributed by atoms with E-state index in [0.29, 0.717) is 64.1 Å². The minimum Gasteiger partial charge on any atom is -0.491 e. The summed E-state index contributed by atoms with van der Waals surface area (Å²) in [6, 6.07) is 20.4. The highest BCUT2D eigenvalue weighted by atomic mass is 16.6. The molecule has 2 aliphatic heterocycles. The molecule has 2 saturated heterocycles. The van der Waals surface area contributed by atoms with Gasteiger partial charge in [0.25, 0.3) is 0 Å². The van der Waals surface area contributed by atoms with Gasteiger partial charge in [0.05, 0.1) is 69.2 Å². The van der Waals surface area contributed by atoms with Crippen molar-refractivity contribution in [2.24, 2.45) is 11.8 Å². The summed E-state index contributed by atoms with van der Waals surface area (Å²) in [5, 5.41) is 14.5. The Kier molecular flexibility index (Phi) is 19.5. The Morgan fingerprint density at radius 1 is 0.817 bits per heavy atom. The van der Waals surface area contributed by atoms with E-state index in [1.807, 2.05) is 62.4 Å². The molecular weight excluding hydrogens is 897 g/mol. The van der Waals surface area contributed by atoms with Gasteiger partial charge in [-0.05, 0) is 119 Å². The molecule has 16 nitrogen and oxygen atoms in total. The molecule has 386 valence electrons. The SMILES string of the molecule is CN[C@@H](C)C(=O)N[C@H](C(=O)N1CCC2CCN(CCc3ccc(OCCOCCOCCO[C@H]4CC[C@H](Nc5nccc(-c6cnn(Cc7ccccc7)c6N(C)C)n5)CC4)cc3)CC21)C1CCCCC1. The lowest BCUT2D eigenvalue weighted by Crippen LogP contribution is -2.58. The van der Waals surface area contributed by atoms with E-state index < -0.39 is 6.04 Å². The van der Waals surface area contributed by atoms with Gasteiger partial charge < -0.3 is 49.6 Å². The molecule has 2 unspecified atom stereocenters. The molecule has 4 heterocycles. The molecule has 16 heteroatoms. The van der Waals surface area contributed by atoms with Crippen LogP contribution in [0.15, 0.2) is 73.1 Å². The highest BCUT2D eigenvalue weighted by Gasteiger charge is 2.44. The average Bonchev–Trinajstić information content (AvgIpc) is 4.03. The van der Waals surface area contributed by atoms with Crippen molar-refractivity contribution in [1.82, 2.24) is 40.2 Å². The van der Waals surface area contributed by atoms with E-state index >= 15 is 0 Å². The number of piperidine rings is 1. The number of carbonyl (C=O) groups is 2. The van der Waals surface area contributed by atoms with Crippen molar-refractivity contribution in [1.29, 1.82) is 0 Å². The minimum atomic E-state index is -0.432. The monoisotopic (exact) mass is 977 g/mol.